The molecule has 1 rings (SSSR count). The van der Waals surface area contributed by atoms with Gasteiger partial charge in [-0.2, -0.15) is 0 Å². The van der Waals surface area contributed by atoms with Gasteiger partial charge in [0.25, 0.3) is 0 Å². The van der Waals surface area contributed by atoms with E-state index < -0.39 is 0 Å². The van der Waals surface area contributed by atoms with Crippen LogP contribution in [0.25, 0.3) is 0 Å². The normalized spacial score (nSPS) is 11.6. The predicted molar refractivity (Wildman–Crippen MR) is 68.1 cm³/mol. The van der Waals surface area contributed by atoms with E-state index in [1.807, 2.05) is 24.3 Å². The van der Waals surface area contributed by atoms with Gasteiger partial charge in [-0.15, -0.1) is 19.0 Å². The Morgan fingerprint density at radius 1 is 1.57 bits per heavy atom. The fraction of sp³-hybridized carbons (Fsp3) is 0.200. The van der Waals surface area contributed by atoms with Crippen LogP contribution in [0.1, 0.15) is 18.0 Å². The molecule has 0 saturated carbocycles. The summed E-state index contributed by atoms with van der Waals surface area (Å²) in [7, 11) is 0. The van der Waals surface area contributed by atoms with Crippen molar-refractivity contribution in [1.82, 2.24) is 0 Å². The van der Waals surface area contributed by atoms with E-state index in [0.29, 0.717) is 5.02 Å². The van der Waals surface area contributed by atoms with Gasteiger partial charge in [-0.3, -0.25) is 0 Å². The highest BCUT2D eigenvalue weighted by molar-refractivity contribution is 9.10. The van der Waals surface area contributed by atoms with Crippen molar-refractivity contribution in [2.45, 2.75) is 12.5 Å². The minimum atomic E-state index is -0.0101. The molecule has 0 fully saturated rings. The van der Waals surface area contributed by atoms with E-state index in [1.165, 1.54) is 0 Å². The summed E-state index contributed by atoms with van der Waals surface area (Å²) in [6.45, 7) is 3.65. The Bertz CT molecular complexity index is 315. The van der Waals surface area contributed by atoms with Crippen LogP contribution < -0.4 is 5.73 Å². The maximum absolute atomic E-state index is 5.91. The van der Waals surface area contributed by atoms with Gasteiger partial charge in [-0.1, -0.05) is 39.7 Å². The molecule has 78 valence electrons. The summed E-state index contributed by atoms with van der Waals surface area (Å²) in [4.78, 5) is 0. The zero-order valence-electron chi connectivity index (χ0n) is 7.54. The van der Waals surface area contributed by atoms with Crippen molar-refractivity contribution >= 4 is 39.9 Å². The van der Waals surface area contributed by atoms with Gasteiger partial charge in [0.05, 0.1) is 0 Å². The highest BCUT2D eigenvalue weighted by atomic mass is 79.9. The maximum atomic E-state index is 5.91. The summed E-state index contributed by atoms with van der Waals surface area (Å²) in [6, 6.07) is 5.61. The van der Waals surface area contributed by atoms with Crippen LogP contribution in [0, 0.1) is 0 Å². The molecule has 1 atom stereocenters. The topological polar surface area (TPSA) is 26.0 Å². The number of hydrogen-bond donors (Lipinski definition) is 1. The molecule has 1 nitrogen and oxygen atoms in total. The molecule has 1 aromatic rings. The van der Waals surface area contributed by atoms with E-state index in [-0.39, 0.29) is 18.4 Å². The van der Waals surface area contributed by atoms with Gasteiger partial charge >= 0.3 is 0 Å². The van der Waals surface area contributed by atoms with Crippen LogP contribution in [-0.2, 0) is 0 Å². The molecule has 0 bridgehead atoms. The molecule has 2 N–H and O–H groups in total. The number of hydrogen-bond acceptors (Lipinski definition) is 1. The zero-order valence-corrected chi connectivity index (χ0v) is 10.7. The van der Waals surface area contributed by atoms with Crippen molar-refractivity contribution in [2.24, 2.45) is 5.73 Å². The van der Waals surface area contributed by atoms with Crippen LogP contribution >= 0.6 is 39.9 Å². The maximum Gasteiger partial charge on any atom is 0.0417 e. The Labute approximate surface area is 104 Å². The fourth-order valence-corrected chi connectivity index (χ4v) is 2.09. The molecular formula is C10H12BrCl2N. The average molecular weight is 297 g/mol. The minimum absolute atomic E-state index is 0. The summed E-state index contributed by atoms with van der Waals surface area (Å²) < 4.78 is 0.953. The molecule has 0 unspecified atom stereocenters. The van der Waals surface area contributed by atoms with Crippen LogP contribution in [-0.4, -0.2) is 0 Å². The third-order valence-electron chi connectivity index (χ3n) is 1.78. The van der Waals surface area contributed by atoms with Gasteiger partial charge in [0.15, 0.2) is 0 Å². The van der Waals surface area contributed by atoms with Gasteiger partial charge in [-0.25, -0.2) is 0 Å². The highest BCUT2D eigenvalue weighted by Crippen LogP contribution is 2.27. The number of nitrogens with two attached hydrogens (primary N) is 1. The lowest BCUT2D eigenvalue weighted by Gasteiger charge is -2.11. The predicted octanol–water partition coefficient (Wildman–Crippen LogP) is 4.10. The molecule has 14 heavy (non-hydrogen) atoms. The fourth-order valence-electron chi connectivity index (χ4n) is 1.11. The smallest absolute Gasteiger partial charge is 0.0417 e. The van der Waals surface area contributed by atoms with Crippen LogP contribution in [0.3, 0.4) is 0 Å². The van der Waals surface area contributed by atoms with Crippen molar-refractivity contribution in [3.8, 4) is 0 Å². The first-order valence-electron chi connectivity index (χ1n) is 3.96. The zero-order chi connectivity index (χ0) is 9.84. The highest BCUT2D eigenvalue weighted by Gasteiger charge is 2.07. The lowest BCUT2D eigenvalue weighted by molar-refractivity contribution is 0.738. The Kier molecular flexibility index (Phi) is 6.45. The summed E-state index contributed by atoms with van der Waals surface area (Å²) in [5, 5.41) is 0.710. The van der Waals surface area contributed by atoms with Crippen molar-refractivity contribution in [2.75, 3.05) is 0 Å². The molecule has 1 aromatic carbocycles. The van der Waals surface area contributed by atoms with Gasteiger partial charge in [0.2, 0.25) is 0 Å². The molecule has 4 heteroatoms. The summed E-state index contributed by atoms with van der Waals surface area (Å²) in [5.74, 6) is 0. The first-order chi connectivity index (χ1) is 6.15. The lowest BCUT2D eigenvalue weighted by Crippen LogP contribution is -2.09. The number of halogens is 3. The first-order valence-corrected chi connectivity index (χ1v) is 5.13. The van der Waals surface area contributed by atoms with E-state index in [2.05, 4.69) is 22.5 Å². The number of benzene rings is 1. The molecule has 0 spiro atoms. The molecule has 0 saturated heterocycles. The largest absolute Gasteiger partial charge is 0.324 e. The molecule has 0 aliphatic carbocycles. The molecule has 0 aromatic heterocycles. The van der Waals surface area contributed by atoms with Crippen LogP contribution in [0.4, 0.5) is 0 Å². The van der Waals surface area contributed by atoms with Crippen molar-refractivity contribution in [1.29, 1.82) is 0 Å². The van der Waals surface area contributed by atoms with Crippen LogP contribution in [0.5, 0.6) is 0 Å². The second-order valence-electron chi connectivity index (χ2n) is 2.80. The second-order valence-corrected chi connectivity index (χ2v) is 4.09. The van der Waals surface area contributed by atoms with Gasteiger partial charge < -0.3 is 5.73 Å². The minimum Gasteiger partial charge on any atom is -0.324 e. The van der Waals surface area contributed by atoms with E-state index in [0.717, 1.165) is 16.5 Å². The summed E-state index contributed by atoms with van der Waals surface area (Å²) in [5.41, 5.74) is 6.97. The molecule has 0 radical (unpaired) electrons. The third kappa shape index (κ3) is 3.62. The van der Waals surface area contributed by atoms with Crippen LogP contribution in [0.15, 0.2) is 35.3 Å². The first kappa shape index (κ1) is 14.0. The standard InChI is InChI=1S/C10H11BrClN.ClH/c1-2-3-10(13)8-5-4-7(12)6-9(8)11;/h2,4-6,10H,1,3,13H2;1H/t10-;/m0./s1. The van der Waals surface area contributed by atoms with Crippen molar-refractivity contribution in [3.63, 3.8) is 0 Å². The van der Waals surface area contributed by atoms with Crippen molar-refractivity contribution in [3.05, 3.63) is 45.9 Å². The lowest BCUT2D eigenvalue weighted by atomic mass is 10.1. The van der Waals surface area contributed by atoms with Gasteiger partial charge in [0, 0.05) is 15.5 Å². The Morgan fingerprint density at radius 2 is 2.21 bits per heavy atom. The van der Waals surface area contributed by atoms with Gasteiger partial charge in [0.1, 0.15) is 0 Å². The number of rotatable bonds is 3. The second kappa shape index (κ2) is 6.46. The monoisotopic (exact) mass is 295 g/mol. The third-order valence-corrected chi connectivity index (χ3v) is 2.70. The Balaban J connectivity index is 0.00000169. The van der Waals surface area contributed by atoms with Gasteiger partial charge in [-0.05, 0) is 24.1 Å². The molecule has 0 aliphatic heterocycles. The van der Waals surface area contributed by atoms with E-state index in [4.69, 9.17) is 17.3 Å². The van der Waals surface area contributed by atoms with Crippen molar-refractivity contribution < 1.29 is 0 Å². The molecule has 0 amide bonds. The quantitative estimate of drug-likeness (QED) is 0.835. The van der Waals surface area contributed by atoms with E-state index >= 15 is 0 Å². The molecule has 0 aliphatic rings. The molecular weight excluding hydrogens is 285 g/mol. The van der Waals surface area contributed by atoms with E-state index in [9.17, 15) is 0 Å². The summed E-state index contributed by atoms with van der Waals surface area (Å²) >= 11 is 9.23. The average Bonchev–Trinajstić information content (AvgIpc) is 2.04. The van der Waals surface area contributed by atoms with Crippen LogP contribution in [0.2, 0.25) is 5.02 Å². The Hall–Kier alpha value is -0.0200. The molecule has 0 heterocycles. The SMILES string of the molecule is C=CC[C@H](N)c1ccc(Cl)cc1Br.Cl. The Morgan fingerprint density at radius 3 is 2.71 bits per heavy atom. The van der Waals surface area contributed by atoms with E-state index in [1.54, 1.807) is 0 Å². The summed E-state index contributed by atoms with van der Waals surface area (Å²) in [6.07, 6.45) is 2.58.